The number of aliphatic hydroxyl groups is 1. The second-order valence-corrected chi connectivity index (χ2v) is 6.53. The Kier molecular flexibility index (Phi) is 4.19. The van der Waals surface area contributed by atoms with Gasteiger partial charge in [-0.25, -0.2) is 0 Å². The van der Waals surface area contributed by atoms with E-state index < -0.39 is 0 Å². The predicted octanol–water partition coefficient (Wildman–Crippen LogP) is 2.57. The van der Waals surface area contributed by atoms with E-state index in [1.54, 1.807) is 11.3 Å². The van der Waals surface area contributed by atoms with Crippen molar-refractivity contribution >= 4 is 11.3 Å². The van der Waals surface area contributed by atoms with Gasteiger partial charge in [0.25, 0.3) is 0 Å². The maximum Gasteiger partial charge on any atom is 0.0896 e. The molecule has 1 saturated heterocycles. The van der Waals surface area contributed by atoms with Gasteiger partial charge in [-0.3, -0.25) is 9.58 Å². The number of hydrogen-bond acceptors (Lipinski definition) is 4. The van der Waals surface area contributed by atoms with Crippen LogP contribution in [0.1, 0.15) is 35.8 Å². The fraction of sp³-hybridized carbons (Fsp3) is 0.533. The van der Waals surface area contributed by atoms with Crippen molar-refractivity contribution in [1.29, 1.82) is 0 Å². The van der Waals surface area contributed by atoms with Crippen LogP contribution < -0.4 is 0 Å². The summed E-state index contributed by atoms with van der Waals surface area (Å²) in [5, 5.41) is 16.6. The van der Waals surface area contributed by atoms with E-state index in [9.17, 15) is 5.11 Å². The SMILES string of the molecule is Cn1cc(CN2CCCC2CC(O)c2cccs2)cn1. The number of nitrogens with zero attached hydrogens (tertiary/aromatic N) is 3. The number of hydrogen-bond donors (Lipinski definition) is 1. The lowest BCUT2D eigenvalue weighted by Gasteiger charge is -2.25. The van der Waals surface area contributed by atoms with Crippen molar-refractivity contribution in [1.82, 2.24) is 14.7 Å². The van der Waals surface area contributed by atoms with Crippen molar-refractivity contribution < 1.29 is 5.11 Å². The summed E-state index contributed by atoms with van der Waals surface area (Å²) < 4.78 is 1.85. The first-order valence-electron chi connectivity index (χ1n) is 7.15. The summed E-state index contributed by atoms with van der Waals surface area (Å²) in [5.41, 5.74) is 1.25. The van der Waals surface area contributed by atoms with E-state index in [0.29, 0.717) is 6.04 Å². The molecule has 1 N–H and O–H groups in total. The minimum atomic E-state index is -0.325. The van der Waals surface area contributed by atoms with Crippen LogP contribution in [0.2, 0.25) is 0 Å². The third kappa shape index (κ3) is 3.11. The van der Waals surface area contributed by atoms with E-state index in [1.807, 2.05) is 35.4 Å². The van der Waals surface area contributed by atoms with Gasteiger partial charge in [0.15, 0.2) is 0 Å². The molecule has 1 aliphatic rings. The maximum atomic E-state index is 10.3. The van der Waals surface area contributed by atoms with E-state index in [-0.39, 0.29) is 6.10 Å². The highest BCUT2D eigenvalue weighted by atomic mass is 32.1. The van der Waals surface area contributed by atoms with Gasteiger partial charge in [-0.15, -0.1) is 11.3 Å². The molecule has 2 atom stereocenters. The summed E-state index contributed by atoms with van der Waals surface area (Å²) in [6, 6.07) is 4.51. The Balaban J connectivity index is 1.60. The van der Waals surface area contributed by atoms with Gasteiger partial charge < -0.3 is 5.11 Å². The number of thiophene rings is 1. The zero-order chi connectivity index (χ0) is 13.9. The number of aryl methyl sites for hydroxylation is 1. The molecule has 3 heterocycles. The van der Waals surface area contributed by atoms with Crippen LogP contribution in [0.3, 0.4) is 0 Å². The summed E-state index contributed by atoms with van der Waals surface area (Å²) in [4.78, 5) is 3.56. The molecule has 0 aliphatic carbocycles. The Labute approximate surface area is 123 Å². The lowest BCUT2D eigenvalue weighted by atomic mass is 10.1. The Morgan fingerprint density at radius 3 is 3.15 bits per heavy atom. The van der Waals surface area contributed by atoms with E-state index in [4.69, 9.17) is 0 Å². The lowest BCUT2D eigenvalue weighted by molar-refractivity contribution is 0.120. The predicted molar refractivity (Wildman–Crippen MR) is 80.5 cm³/mol. The highest BCUT2D eigenvalue weighted by molar-refractivity contribution is 7.10. The van der Waals surface area contributed by atoms with Crippen molar-refractivity contribution in [2.75, 3.05) is 6.54 Å². The molecular weight excluding hydrogens is 270 g/mol. The first-order valence-corrected chi connectivity index (χ1v) is 8.03. The molecule has 3 rings (SSSR count). The molecule has 2 aromatic rings. The summed E-state index contributed by atoms with van der Waals surface area (Å²) in [6.45, 7) is 2.06. The van der Waals surface area contributed by atoms with Crippen LogP contribution in [0.4, 0.5) is 0 Å². The molecule has 1 aliphatic heterocycles. The molecule has 4 nitrogen and oxygen atoms in total. The Hall–Kier alpha value is -1.17. The molecule has 5 heteroatoms. The molecule has 2 unspecified atom stereocenters. The van der Waals surface area contributed by atoms with E-state index in [2.05, 4.69) is 16.2 Å². The van der Waals surface area contributed by atoms with Gasteiger partial charge in [0, 0.05) is 36.3 Å². The summed E-state index contributed by atoms with van der Waals surface area (Å²) in [5.74, 6) is 0. The molecule has 0 amide bonds. The maximum absolute atomic E-state index is 10.3. The standard InChI is InChI=1S/C15H21N3OS/c1-17-10-12(9-16-17)11-18-6-2-4-13(18)8-14(19)15-5-3-7-20-15/h3,5,7,9-10,13-14,19H,2,4,6,8,11H2,1H3. The summed E-state index contributed by atoms with van der Waals surface area (Å²) in [6.07, 6.45) is 6.93. The zero-order valence-corrected chi connectivity index (χ0v) is 12.6. The minimum absolute atomic E-state index is 0.325. The Morgan fingerprint density at radius 1 is 1.55 bits per heavy atom. The molecule has 2 aromatic heterocycles. The second kappa shape index (κ2) is 6.08. The summed E-state index contributed by atoms with van der Waals surface area (Å²) >= 11 is 1.64. The van der Waals surface area contributed by atoms with Crippen LogP contribution in [0.25, 0.3) is 0 Å². The molecule has 20 heavy (non-hydrogen) atoms. The Bertz CT molecular complexity index is 537. The number of aliphatic hydroxyl groups excluding tert-OH is 1. The van der Waals surface area contributed by atoms with E-state index >= 15 is 0 Å². The van der Waals surface area contributed by atoms with Crippen LogP contribution in [-0.2, 0) is 13.6 Å². The molecular formula is C15H21N3OS. The quantitative estimate of drug-likeness (QED) is 0.920. The average molecular weight is 291 g/mol. The fourth-order valence-electron chi connectivity index (χ4n) is 3.01. The minimum Gasteiger partial charge on any atom is -0.388 e. The Morgan fingerprint density at radius 2 is 2.45 bits per heavy atom. The normalized spacial score (nSPS) is 21.4. The average Bonchev–Trinajstić information content (AvgIpc) is 3.13. The molecule has 0 spiro atoms. The van der Waals surface area contributed by atoms with E-state index in [1.165, 1.54) is 18.4 Å². The molecule has 0 saturated carbocycles. The zero-order valence-electron chi connectivity index (χ0n) is 11.8. The summed E-state index contributed by atoms with van der Waals surface area (Å²) in [7, 11) is 1.95. The van der Waals surface area contributed by atoms with Crippen molar-refractivity contribution in [3.8, 4) is 0 Å². The van der Waals surface area contributed by atoms with Crippen LogP contribution in [0, 0.1) is 0 Å². The fourth-order valence-corrected chi connectivity index (χ4v) is 3.74. The van der Waals surface area contributed by atoms with Crippen molar-refractivity contribution in [2.45, 2.75) is 38.0 Å². The smallest absolute Gasteiger partial charge is 0.0896 e. The van der Waals surface area contributed by atoms with Gasteiger partial charge >= 0.3 is 0 Å². The number of rotatable bonds is 5. The van der Waals surface area contributed by atoms with Gasteiger partial charge in [-0.1, -0.05) is 6.07 Å². The first-order chi connectivity index (χ1) is 9.72. The number of aromatic nitrogens is 2. The molecule has 1 fully saturated rings. The van der Waals surface area contributed by atoms with Crippen molar-refractivity contribution in [3.63, 3.8) is 0 Å². The molecule has 0 bridgehead atoms. The van der Waals surface area contributed by atoms with Gasteiger partial charge in [-0.05, 0) is 37.3 Å². The van der Waals surface area contributed by atoms with Crippen LogP contribution >= 0.6 is 11.3 Å². The second-order valence-electron chi connectivity index (χ2n) is 5.56. The monoisotopic (exact) mass is 291 g/mol. The molecule has 0 radical (unpaired) electrons. The highest BCUT2D eigenvalue weighted by Crippen LogP contribution is 2.30. The topological polar surface area (TPSA) is 41.3 Å². The third-order valence-corrected chi connectivity index (χ3v) is 4.98. The van der Waals surface area contributed by atoms with Gasteiger partial charge in [0.1, 0.15) is 0 Å². The van der Waals surface area contributed by atoms with Gasteiger partial charge in [0.2, 0.25) is 0 Å². The molecule has 0 aromatic carbocycles. The van der Waals surface area contributed by atoms with Gasteiger partial charge in [0.05, 0.1) is 12.3 Å². The third-order valence-electron chi connectivity index (χ3n) is 4.01. The number of likely N-dealkylation sites (tertiary alicyclic amines) is 1. The van der Waals surface area contributed by atoms with Crippen molar-refractivity contribution in [2.24, 2.45) is 7.05 Å². The van der Waals surface area contributed by atoms with Crippen molar-refractivity contribution in [3.05, 3.63) is 40.3 Å². The van der Waals surface area contributed by atoms with Crippen LogP contribution in [0.15, 0.2) is 29.9 Å². The van der Waals surface area contributed by atoms with Crippen LogP contribution in [-0.4, -0.2) is 32.4 Å². The highest BCUT2D eigenvalue weighted by Gasteiger charge is 2.27. The first kappa shape index (κ1) is 13.8. The largest absolute Gasteiger partial charge is 0.388 e. The van der Waals surface area contributed by atoms with Gasteiger partial charge in [-0.2, -0.15) is 5.10 Å². The van der Waals surface area contributed by atoms with Crippen LogP contribution in [0.5, 0.6) is 0 Å². The van der Waals surface area contributed by atoms with E-state index in [0.717, 1.165) is 24.4 Å². The lowest BCUT2D eigenvalue weighted by Crippen LogP contribution is -2.30. The molecule has 108 valence electrons.